The second-order valence-corrected chi connectivity index (χ2v) is 3.83. The monoisotopic (exact) mass is 225 g/mol. The van der Waals surface area contributed by atoms with Gasteiger partial charge in [0, 0.05) is 23.6 Å². The molecule has 1 heterocycles. The zero-order valence-electron chi connectivity index (χ0n) is 8.88. The van der Waals surface area contributed by atoms with E-state index in [1.54, 1.807) is 12.1 Å². The number of pyridine rings is 1. The van der Waals surface area contributed by atoms with E-state index in [9.17, 15) is 10.1 Å². The van der Waals surface area contributed by atoms with Crippen molar-refractivity contribution in [2.45, 2.75) is 0 Å². The maximum Gasteiger partial charge on any atom is 0.277 e. The van der Waals surface area contributed by atoms with Crippen LogP contribution >= 0.6 is 0 Å². The Morgan fingerprint density at radius 3 is 2.59 bits per heavy atom. The van der Waals surface area contributed by atoms with Gasteiger partial charge in [0.15, 0.2) is 6.20 Å². The van der Waals surface area contributed by atoms with Gasteiger partial charge in [-0.2, -0.15) is 0 Å². The zero-order chi connectivity index (χ0) is 11.8. The highest BCUT2D eigenvalue weighted by Gasteiger charge is 2.13. The average Bonchev–Trinajstić information content (AvgIpc) is 2.37. The van der Waals surface area contributed by atoms with Gasteiger partial charge in [0.05, 0.1) is 15.7 Å². The highest BCUT2D eigenvalue weighted by atomic mass is 16.6. The third-order valence-electron chi connectivity index (χ3n) is 2.87. The van der Waals surface area contributed by atoms with E-state index in [2.05, 4.69) is 4.98 Å². The molecule has 3 aromatic rings. The van der Waals surface area contributed by atoms with Crippen molar-refractivity contribution < 1.29 is 9.91 Å². The number of nitrogens with one attached hydrogen (secondary N) is 1. The SMILES string of the molecule is O=[N+]([O-])c1cccc2c1ccc1[nH+]cccc12. The number of hydrogen-bond donors (Lipinski definition) is 0. The van der Waals surface area contributed by atoms with Gasteiger partial charge in [0.1, 0.15) is 0 Å². The van der Waals surface area contributed by atoms with Crippen molar-refractivity contribution in [2.75, 3.05) is 0 Å². The van der Waals surface area contributed by atoms with Gasteiger partial charge in [-0.25, -0.2) is 4.98 Å². The average molecular weight is 225 g/mol. The molecule has 4 heteroatoms. The van der Waals surface area contributed by atoms with Gasteiger partial charge in [0.25, 0.3) is 5.69 Å². The lowest BCUT2D eigenvalue weighted by atomic mass is 10.0. The Bertz CT molecular complexity index is 738. The van der Waals surface area contributed by atoms with Crippen LogP contribution in [0.4, 0.5) is 5.69 Å². The van der Waals surface area contributed by atoms with E-state index in [0.29, 0.717) is 5.39 Å². The molecule has 0 saturated heterocycles. The smallest absolute Gasteiger partial charge is 0.258 e. The highest BCUT2D eigenvalue weighted by molar-refractivity contribution is 6.08. The number of aromatic amines is 1. The number of nitrogens with zero attached hydrogens (tertiary/aromatic N) is 1. The van der Waals surface area contributed by atoms with E-state index >= 15 is 0 Å². The van der Waals surface area contributed by atoms with Crippen LogP contribution in [0.1, 0.15) is 0 Å². The first-order valence-electron chi connectivity index (χ1n) is 5.24. The quantitative estimate of drug-likeness (QED) is 0.363. The fraction of sp³-hybridized carbons (Fsp3) is 0. The number of non-ortho nitro benzene ring substituents is 1. The van der Waals surface area contributed by atoms with Gasteiger partial charge in [-0.05, 0) is 12.1 Å². The number of benzene rings is 2. The molecular formula is C13H9N2O2+. The minimum atomic E-state index is -0.346. The molecule has 0 atom stereocenters. The topological polar surface area (TPSA) is 57.3 Å². The number of nitro benzene ring substituents is 1. The molecule has 0 fully saturated rings. The Morgan fingerprint density at radius 1 is 0.941 bits per heavy atom. The Labute approximate surface area is 96.7 Å². The molecule has 82 valence electrons. The molecule has 0 bridgehead atoms. The molecule has 0 aliphatic heterocycles. The molecule has 3 rings (SSSR count). The van der Waals surface area contributed by atoms with Crippen LogP contribution in [0, 0.1) is 10.1 Å². The maximum atomic E-state index is 10.9. The largest absolute Gasteiger partial charge is 0.277 e. The Hall–Kier alpha value is -2.49. The molecule has 1 aromatic heterocycles. The summed E-state index contributed by atoms with van der Waals surface area (Å²) in [6, 6.07) is 12.6. The first-order chi connectivity index (χ1) is 8.27. The van der Waals surface area contributed by atoms with Gasteiger partial charge < -0.3 is 0 Å². The number of H-pyrrole nitrogens is 1. The van der Waals surface area contributed by atoms with Crippen LogP contribution < -0.4 is 4.98 Å². The molecule has 0 amide bonds. The predicted molar refractivity (Wildman–Crippen MR) is 64.7 cm³/mol. The van der Waals surface area contributed by atoms with Crippen molar-refractivity contribution in [3.63, 3.8) is 0 Å². The summed E-state index contributed by atoms with van der Waals surface area (Å²) in [5, 5.41) is 13.5. The third kappa shape index (κ3) is 1.42. The summed E-state index contributed by atoms with van der Waals surface area (Å²) in [6.45, 7) is 0. The van der Waals surface area contributed by atoms with Crippen LogP contribution in [0.5, 0.6) is 0 Å². The van der Waals surface area contributed by atoms with Crippen LogP contribution in [-0.2, 0) is 0 Å². The van der Waals surface area contributed by atoms with Crippen molar-refractivity contribution in [1.82, 2.24) is 0 Å². The van der Waals surface area contributed by atoms with E-state index in [1.165, 1.54) is 6.07 Å². The normalized spacial score (nSPS) is 10.8. The first kappa shape index (κ1) is 9.72. The molecule has 0 saturated carbocycles. The standard InChI is InChI=1S/C13H8N2O2/c16-15(17)13-5-1-3-9-10-4-2-8-14-12(10)7-6-11(9)13/h1-8H/p+1. The van der Waals surface area contributed by atoms with Crippen LogP contribution in [0.15, 0.2) is 48.7 Å². The molecule has 0 unspecified atom stereocenters. The summed E-state index contributed by atoms with van der Waals surface area (Å²) >= 11 is 0. The molecule has 4 nitrogen and oxygen atoms in total. The van der Waals surface area contributed by atoms with Crippen LogP contribution in [0.3, 0.4) is 0 Å². The second-order valence-electron chi connectivity index (χ2n) is 3.83. The van der Waals surface area contributed by atoms with Gasteiger partial charge >= 0.3 is 0 Å². The zero-order valence-corrected chi connectivity index (χ0v) is 8.88. The third-order valence-corrected chi connectivity index (χ3v) is 2.87. The van der Waals surface area contributed by atoms with Crippen LogP contribution in [0.25, 0.3) is 21.7 Å². The predicted octanol–water partition coefficient (Wildman–Crippen LogP) is 2.72. The van der Waals surface area contributed by atoms with Crippen molar-refractivity contribution >= 4 is 27.4 Å². The number of hydrogen-bond acceptors (Lipinski definition) is 2. The summed E-state index contributed by atoms with van der Waals surface area (Å²) in [6.07, 6.45) is 1.84. The van der Waals surface area contributed by atoms with Crippen molar-refractivity contribution in [3.8, 4) is 0 Å². The van der Waals surface area contributed by atoms with E-state index in [4.69, 9.17) is 0 Å². The van der Waals surface area contributed by atoms with Crippen LogP contribution in [0.2, 0.25) is 0 Å². The van der Waals surface area contributed by atoms with E-state index in [1.807, 2.05) is 30.5 Å². The minimum absolute atomic E-state index is 0.147. The number of rotatable bonds is 1. The number of aromatic nitrogens is 1. The Morgan fingerprint density at radius 2 is 1.76 bits per heavy atom. The van der Waals surface area contributed by atoms with E-state index in [-0.39, 0.29) is 10.6 Å². The molecule has 0 aliphatic carbocycles. The number of fused-ring (bicyclic) bond motifs is 3. The minimum Gasteiger partial charge on any atom is -0.258 e. The maximum absolute atomic E-state index is 10.9. The highest BCUT2D eigenvalue weighted by Crippen LogP contribution is 2.29. The van der Waals surface area contributed by atoms with Gasteiger partial charge in [-0.15, -0.1) is 0 Å². The first-order valence-corrected chi connectivity index (χ1v) is 5.24. The lowest BCUT2D eigenvalue weighted by Gasteiger charge is -2.00. The number of nitro groups is 1. The molecule has 0 spiro atoms. The Kier molecular flexibility index (Phi) is 2.01. The van der Waals surface area contributed by atoms with E-state index < -0.39 is 0 Å². The van der Waals surface area contributed by atoms with Crippen molar-refractivity contribution in [2.24, 2.45) is 0 Å². The molecular weight excluding hydrogens is 216 g/mol. The van der Waals surface area contributed by atoms with Gasteiger partial charge in [0.2, 0.25) is 5.52 Å². The van der Waals surface area contributed by atoms with Crippen LogP contribution in [-0.4, -0.2) is 4.92 Å². The lowest BCUT2D eigenvalue weighted by Crippen LogP contribution is -2.01. The van der Waals surface area contributed by atoms with Gasteiger partial charge in [-0.3, -0.25) is 10.1 Å². The summed E-state index contributed by atoms with van der Waals surface area (Å²) in [5.74, 6) is 0. The molecule has 0 radical (unpaired) electrons. The molecule has 1 N–H and O–H groups in total. The summed E-state index contributed by atoms with van der Waals surface area (Å²) < 4.78 is 0. The summed E-state index contributed by atoms with van der Waals surface area (Å²) in [4.78, 5) is 13.7. The van der Waals surface area contributed by atoms with Crippen molar-refractivity contribution in [3.05, 3.63) is 58.8 Å². The molecule has 2 aromatic carbocycles. The Balaban J connectivity index is 2.52. The fourth-order valence-corrected chi connectivity index (χ4v) is 2.11. The lowest BCUT2D eigenvalue weighted by molar-refractivity contribution is -0.383. The van der Waals surface area contributed by atoms with Gasteiger partial charge in [-0.1, -0.05) is 12.1 Å². The van der Waals surface area contributed by atoms with Crippen molar-refractivity contribution in [1.29, 1.82) is 0 Å². The summed E-state index contributed by atoms with van der Waals surface area (Å²) in [7, 11) is 0. The summed E-state index contributed by atoms with van der Waals surface area (Å²) in [5.41, 5.74) is 1.12. The second kappa shape index (κ2) is 3.52. The van der Waals surface area contributed by atoms with E-state index in [0.717, 1.165) is 16.3 Å². The molecule has 0 aliphatic rings. The molecule has 17 heavy (non-hydrogen) atoms. The fourth-order valence-electron chi connectivity index (χ4n) is 2.11.